The Bertz CT molecular complexity index is 560. The summed E-state index contributed by atoms with van der Waals surface area (Å²) in [5, 5.41) is 5.55. The maximum absolute atomic E-state index is 12.5. The second kappa shape index (κ2) is 8.08. The van der Waals surface area contributed by atoms with Crippen molar-refractivity contribution in [3.8, 4) is 0 Å². The van der Waals surface area contributed by atoms with Gasteiger partial charge < -0.3 is 9.47 Å². The fourth-order valence-corrected chi connectivity index (χ4v) is 2.78. The van der Waals surface area contributed by atoms with Crippen LogP contribution >= 0.6 is 0 Å². The Morgan fingerprint density at radius 3 is 2.48 bits per heavy atom. The second-order valence-electron chi connectivity index (χ2n) is 7.62. The molecule has 0 saturated heterocycles. The van der Waals surface area contributed by atoms with Gasteiger partial charge in [-0.1, -0.05) is 0 Å². The molecule has 0 heterocycles. The van der Waals surface area contributed by atoms with Gasteiger partial charge in [-0.25, -0.2) is 4.79 Å². The number of carbonyl (C=O) groups excluding carboxylic acids is 3. The van der Waals surface area contributed by atoms with Gasteiger partial charge in [0.25, 0.3) is 0 Å². The molecule has 7 nitrogen and oxygen atoms in total. The summed E-state index contributed by atoms with van der Waals surface area (Å²) in [6.45, 7) is 5.81. The highest BCUT2D eigenvalue weighted by Gasteiger charge is 2.42. The zero-order valence-corrected chi connectivity index (χ0v) is 15.5. The summed E-state index contributed by atoms with van der Waals surface area (Å²) in [5.74, 6) is -0.947. The maximum Gasteiger partial charge on any atom is 0.430 e. The molecule has 0 radical (unpaired) electrons. The first kappa shape index (κ1) is 19.6. The molecule has 2 aliphatic rings. The second-order valence-corrected chi connectivity index (χ2v) is 7.62. The number of amides is 1. The number of carbonyl (C=O) groups is 3. The molecule has 2 aliphatic carbocycles. The van der Waals surface area contributed by atoms with Crippen molar-refractivity contribution >= 4 is 23.4 Å². The largest absolute Gasteiger partial charge is 0.442 e. The van der Waals surface area contributed by atoms with Crippen molar-refractivity contribution in [3.63, 3.8) is 0 Å². The number of Topliss-reactive ketones (excluding diaryl/α,β-unsaturated/α-hetero) is 2. The highest BCUT2D eigenvalue weighted by atomic mass is 16.6. The Balaban J connectivity index is 2.22. The Labute approximate surface area is 148 Å². The zero-order valence-electron chi connectivity index (χ0n) is 15.5. The summed E-state index contributed by atoms with van der Waals surface area (Å²) in [6.07, 6.45) is 2.67. The molecule has 0 aliphatic heterocycles. The molecule has 0 aromatic rings. The van der Waals surface area contributed by atoms with Gasteiger partial charge in [0.1, 0.15) is 17.3 Å². The van der Waals surface area contributed by atoms with E-state index in [0.717, 1.165) is 12.8 Å². The van der Waals surface area contributed by atoms with Crippen LogP contribution in [-0.4, -0.2) is 54.2 Å². The van der Waals surface area contributed by atoms with Crippen molar-refractivity contribution in [2.75, 3.05) is 20.3 Å². The lowest BCUT2D eigenvalue weighted by molar-refractivity contribution is -0.131. The minimum Gasteiger partial charge on any atom is -0.442 e. The molecule has 25 heavy (non-hydrogen) atoms. The standard InChI is InChI=1S/C18H28N2O5/c1-18(2,3)25-17(23)20(10-11-24-4)19-13-6-5-7-14(21)15(13)16(22)12-8-9-12/h12,15H,5-11H2,1-4H3/b19-13-. The molecule has 2 saturated carbocycles. The van der Waals surface area contributed by atoms with Gasteiger partial charge in [-0.15, -0.1) is 0 Å². The van der Waals surface area contributed by atoms with Gasteiger partial charge in [-0.2, -0.15) is 10.1 Å². The SMILES string of the molecule is COCCN(/N=C1/CCCC(=O)C1C(=O)C1CC1)C(=O)OC(C)(C)C. The summed E-state index contributed by atoms with van der Waals surface area (Å²) in [5.41, 5.74) is -0.177. The van der Waals surface area contributed by atoms with Crippen molar-refractivity contribution in [1.29, 1.82) is 0 Å². The lowest BCUT2D eigenvalue weighted by atomic mass is 9.82. The van der Waals surface area contributed by atoms with Gasteiger partial charge in [0.2, 0.25) is 0 Å². The van der Waals surface area contributed by atoms with E-state index in [9.17, 15) is 14.4 Å². The van der Waals surface area contributed by atoms with Gasteiger partial charge in [0, 0.05) is 19.4 Å². The molecule has 140 valence electrons. The number of ketones is 2. The molecule has 2 fully saturated rings. The summed E-state index contributed by atoms with van der Waals surface area (Å²) in [7, 11) is 1.53. The molecule has 1 amide bonds. The average molecular weight is 352 g/mol. The van der Waals surface area contributed by atoms with E-state index in [1.54, 1.807) is 20.8 Å². The van der Waals surface area contributed by atoms with Crippen molar-refractivity contribution in [3.05, 3.63) is 0 Å². The number of ether oxygens (including phenoxy) is 2. The van der Waals surface area contributed by atoms with E-state index in [4.69, 9.17) is 9.47 Å². The van der Waals surface area contributed by atoms with Gasteiger partial charge in [0.15, 0.2) is 5.78 Å². The molecule has 0 aromatic heterocycles. The lowest BCUT2D eigenvalue weighted by Crippen LogP contribution is -2.40. The van der Waals surface area contributed by atoms with Crippen molar-refractivity contribution in [2.45, 2.75) is 58.5 Å². The molecule has 0 aromatic carbocycles. The van der Waals surface area contributed by atoms with Crippen LogP contribution in [0.5, 0.6) is 0 Å². The lowest BCUT2D eigenvalue weighted by Gasteiger charge is -2.27. The molecular weight excluding hydrogens is 324 g/mol. The summed E-state index contributed by atoms with van der Waals surface area (Å²) in [6, 6.07) is 0. The average Bonchev–Trinajstić information content (AvgIpc) is 3.34. The summed E-state index contributed by atoms with van der Waals surface area (Å²) >= 11 is 0. The Morgan fingerprint density at radius 1 is 1.24 bits per heavy atom. The smallest absolute Gasteiger partial charge is 0.430 e. The normalized spacial score (nSPS) is 22.8. The molecule has 1 unspecified atom stereocenters. The van der Waals surface area contributed by atoms with E-state index in [2.05, 4.69) is 5.10 Å². The molecule has 0 bridgehead atoms. The minimum absolute atomic E-state index is 0.0220. The summed E-state index contributed by atoms with van der Waals surface area (Å²) in [4.78, 5) is 37.2. The van der Waals surface area contributed by atoms with E-state index >= 15 is 0 Å². The van der Waals surface area contributed by atoms with Crippen molar-refractivity contribution in [2.24, 2.45) is 16.9 Å². The zero-order chi connectivity index (χ0) is 18.6. The van der Waals surface area contributed by atoms with E-state index in [0.29, 0.717) is 25.0 Å². The number of hydrogen-bond donors (Lipinski definition) is 0. The Morgan fingerprint density at radius 2 is 1.92 bits per heavy atom. The van der Waals surface area contributed by atoms with Gasteiger partial charge in [-0.05, 0) is 46.5 Å². The first-order valence-corrected chi connectivity index (χ1v) is 8.86. The van der Waals surface area contributed by atoms with Crippen molar-refractivity contribution < 1.29 is 23.9 Å². The third-order valence-corrected chi connectivity index (χ3v) is 4.14. The van der Waals surface area contributed by atoms with Crippen molar-refractivity contribution in [1.82, 2.24) is 5.01 Å². The minimum atomic E-state index is -0.797. The van der Waals surface area contributed by atoms with Crippen LogP contribution in [0.4, 0.5) is 4.79 Å². The molecule has 0 spiro atoms. The van der Waals surface area contributed by atoms with Crippen LogP contribution in [0.1, 0.15) is 52.9 Å². The maximum atomic E-state index is 12.5. The Hall–Kier alpha value is -1.76. The predicted molar refractivity (Wildman–Crippen MR) is 92.3 cm³/mol. The number of methoxy groups -OCH3 is 1. The molecular formula is C18H28N2O5. The van der Waals surface area contributed by atoms with E-state index in [1.165, 1.54) is 12.1 Å². The number of nitrogens with zero attached hydrogens (tertiary/aromatic N) is 2. The molecule has 2 rings (SSSR count). The van der Waals surface area contributed by atoms with Crippen LogP contribution in [0.25, 0.3) is 0 Å². The van der Waals surface area contributed by atoms with Crippen LogP contribution in [0, 0.1) is 11.8 Å². The first-order chi connectivity index (χ1) is 11.7. The fraction of sp³-hybridized carbons (Fsp3) is 0.778. The Kier molecular flexibility index (Phi) is 6.32. The third-order valence-electron chi connectivity index (χ3n) is 4.14. The van der Waals surface area contributed by atoms with Crippen LogP contribution in [0.15, 0.2) is 5.10 Å². The summed E-state index contributed by atoms with van der Waals surface area (Å²) < 4.78 is 10.4. The van der Waals surface area contributed by atoms with Gasteiger partial charge in [0.05, 0.1) is 18.9 Å². The van der Waals surface area contributed by atoms with Gasteiger partial charge >= 0.3 is 6.09 Å². The third kappa shape index (κ3) is 5.63. The molecule has 0 N–H and O–H groups in total. The van der Waals surface area contributed by atoms with E-state index in [1.807, 2.05) is 0 Å². The monoisotopic (exact) mass is 352 g/mol. The van der Waals surface area contributed by atoms with Crippen LogP contribution in [0.2, 0.25) is 0 Å². The fourth-order valence-electron chi connectivity index (χ4n) is 2.78. The number of hydrogen-bond acceptors (Lipinski definition) is 6. The number of hydrazone groups is 1. The quantitative estimate of drug-likeness (QED) is 0.542. The van der Waals surface area contributed by atoms with E-state index in [-0.39, 0.29) is 30.6 Å². The highest BCUT2D eigenvalue weighted by Crippen LogP contribution is 2.35. The van der Waals surface area contributed by atoms with Crippen LogP contribution in [0.3, 0.4) is 0 Å². The highest BCUT2D eigenvalue weighted by molar-refractivity contribution is 6.23. The van der Waals surface area contributed by atoms with E-state index < -0.39 is 17.6 Å². The molecule has 7 heteroatoms. The van der Waals surface area contributed by atoms with Crippen LogP contribution in [-0.2, 0) is 19.1 Å². The molecule has 1 atom stereocenters. The van der Waals surface area contributed by atoms with Gasteiger partial charge in [-0.3, -0.25) is 9.59 Å². The predicted octanol–water partition coefficient (Wildman–Crippen LogP) is 2.57. The topological polar surface area (TPSA) is 85.3 Å². The first-order valence-electron chi connectivity index (χ1n) is 8.86. The van der Waals surface area contributed by atoms with Crippen LogP contribution < -0.4 is 0 Å². The number of rotatable bonds is 6.